The van der Waals surface area contributed by atoms with E-state index < -0.39 is 0 Å². The molecule has 30 heavy (non-hydrogen) atoms. The average molecular weight is 439 g/mol. The van der Waals surface area contributed by atoms with E-state index in [1.165, 1.54) is 21.8 Å². The molecule has 0 saturated heterocycles. The molecule has 154 valence electrons. The van der Waals surface area contributed by atoms with E-state index in [9.17, 15) is 9.59 Å². The van der Waals surface area contributed by atoms with Crippen LogP contribution in [0.5, 0.6) is 0 Å². The van der Waals surface area contributed by atoms with Crippen LogP contribution in [0.1, 0.15) is 55.1 Å². The van der Waals surface area contributed by atoms with Crippen molar-refractivity contribution in [2.45, 2.75) is 39.5 Å². The number of fused-ring (bicyclic) bond motifs is 1. The minimum Gasteiger partial charge on any atom is -0.322 e. The zero-order chi connectivity index (χ0) is 21.3. The fraction of sp³-hybridized carbons (Fsp3) is 0.250. The number of thiophene rings is 1. The smallest absolute Gasteiger partial charge is 0.258 e. The highest BCUT2D eigenvalue weighted by atomic mass is 35.5. The van der Waals surface area contributed by atoms with Crippen LogP contribution >= 0.6 is 22.9 Å². The summed E-state index contributed by atoms with van der Waals surface area (Å²) in [5, 5.41) is 7.08. The Bertz CT molecular complexity index is 1140. The van der Waals surface area contributed by atoms with Crippen LogP contribution in [0.2, 0.25) is 5.02 Å². The molecule has 0 bridgehead atoms. The highest BCUT2D eigenvalue weighted by Crippen LogP contribution is 2.39. The van der Waals surface area contributed by atoms with Crippen LogP contribution in [0.4, 0.5) is 10.7 Å². The van der Waals surface area contributed by atoms with Gasteiger partial charge in [-0.1, -0.05) is 23.7 Å². The van der Waals surface area contributed by atoms with Crippen molar-refractivity contribution in [3.8, 4) is 0 Å². The Morgan fingerprint density at radius 1 is 0.933 bits per heavy atom. The monoisotopic (exact) mass is 438 g/mol. The Kier molecular flexibility index (Phi) is 5.93. The topological polar surface area (TPSA) is 58.2 Å². The Balaban J connectivity index is 1.65. The van der Waals surface area contributed by atoms with E-state index in [2.05, 4.69) is 10.6 Å². The second-order valence-electron chi connectivity index (χ2n) is 7.63. The van der Waals surface area contributed by atoms with Gasteiger partial charge in [0.15, 0.2) is 0 Å². The molecule has 3 aromatic rings. The average Bonchev–Trinajstić information content (AvgIpc) is 3.08. The van der Waals surface area contributed by atoms with Crippen LogP contribution in [0.3, 0.4) is 0 Å². The molecule has 1 aromatic heterocycles. The Labute approximate surface area is 185 Å². The summed E-state index contributed by atoms with van der Waals surface area (Å²) in [5.41, 5.74) is 5.17. The molecule has 0 unspecified atom stereocenters. The van der Waals surface area contributed by atoms with Crippen LogP contribution in [0.25, 0.3) is 0 Å². The molecule has 2 N–H and O–H groups in total. The van der Waals surface area contributed by atoms with E-state index in [1.807, 2.05) is 32.0 Å². The molecule has 0 fully saturated rings. The van der Waals surface area contributed by atoms with Gasteiger partial charge in [-0.2, -0.15) is 0 Å². The fourth-order valence-electron chi connectivity index (χ4n) is 3.71. The number of halogens is 1. The second kappa shape index (κ2) is 8.62. The maximum atomic E-state index is 13.3. The summed E-state index contributed by atoms with van der Waals surface area (Å²) in [6.07, 6.45) is 3.95. The third-order valence-corrected chi connectivity index (χ3v) is 6.92. The van der Waals surface area contributed by atoms with Crippen molar-refractivity contribution in [1.82, 2.24) is 0 Å². The quantitative estimate of drug-likeness (QED) is 0.495. The molecular formula is C24H23ClN2O2S. The van der Waals surface area contributed by atoms with Crippen LogP contribution in [-0.2, 0) is 12.8 Å². The van der Waals surface area contributed by atoms with E-state index in [-0.39, 0.29) is 11.8 Å². The molecule has 0 spiro atoms. The normalized spacial score (nSPS) is 12.9. The van der Waals surface area contributed by atoms with Crippen LogP contribution < -0.4 is 10.6 Å². The van der Waals surface area contributed by atoms with E-state index in [4.69, 9.17) is 11.6 Å². The first-order valence-corrected chi connectivity index (χ1v) is 11.2. The largest absolute Gasteiger partial charge is 0.322 e. The zero-order valence-corrected chi connectivity index (χ0v) is 18.5. The number of carbonyl (C=O) groups excluding carboxylic acids is 2. The predicted octanol–water partition coefficient (Wildman–Crippen LogP) is 6.40. The number of amides is 2. The number of hydrogen-bond acceptors (Lipinski definition) is 3. The minimum absolute atomic E-state index is 0.181. The Hall–Kier alpha value is -2.63. The molecule has 4 nitrogen and oxygen atoms in total. The molecule has 0 saturated carbocycles. The summed E-state index contributed by atoms with van der Waals surface area (Å²) >= 11 is 7.54. The summed E-state index contributed by atoms with van der Waals surface area (Å²) in [7, 11) is 0. The lowest BCUT2D eigenvalue weighted by Gasteiger charge is -2.14. The summed E-state index contributed by atoms with van der Waals surface area (Å²) in [6, 6.07) is 12.7. The predicted molar refractivity (Wildman–Crippen MR) is 124 cm³/mol. The second-order valence-corrected chi connectivity index (χ2v) is 9.17. The lowest BCUT2D eigenvalue weighted by Crippen LogP contribution is -2.18. The van der Waals surface area contributed by atoms with Crippen molar-refractivity contribution >= 4 is 45.4 Å². The number of benzene rings is 2. The summed E-state index contributed by atoms with van der Waals surface area (Å²) in [6.45, 7) is 4.06. The van der Waals surface area contributed by atoms with Gasteiger partial charge >= 0.3 is 0 Å². The highest BCUT2D eigenvalue weighted by Gasteiger charge is 2.26. The summed E-state index contributed by atoms with van der Waals surface area (Å²) < 4.78 is 0. The van der Waals surface area contributed by atoms with Gasteiger partial charge in [0.05, 0.1) is 5.56 Å². The SMILES string of the molecule is Cc1ccc(NC(=O)c2c(NC(=O)c3cccc(Cl)c3)sc3c2CCCC3)cc1C. The van der Waals surface area contributed by atoms with Gasteiger partial charge in [-0.15, -0.1) is 11.3 Å². The van der Waals surface area contributed by atoms with Gasteiger partial charge in [-0.25, -0.2) is 0 Å². The molecule has 1 heterocycles. The molecule has 0 aliphatic heterocycles. The molecule has 0 atom stereocenters. The molecule has 2 aromatic carbocycles. The molecule has 1 aliphatic carbocycles. The Morgan fingerprint density at radius 2 is 1.73 bits per heavy atom. The number of aryl methyl sites for hydroxylation is 3. The molecular weight excluding hydrogens is 416 g/mol. The third kappa shape index (κ3) is 4.27. The first-order chi connectivity index (χ1) is 14.4. The number of nitrogens with one attached hydrogen (secondary N) is 2. The third-order valence-electron chi connectivity index (χ3n) is 5.48. The van der Waals surface area contributed by atoms with E-state index in [1.54, 1.807) is 24.3 Å². The fourth-order valence-corrected chi connectivity index (χ4v) is 5.18. The van der Waals surface area contributed by atoms with Crippen LogP contribution in [0, 0.1) is 13.8 Å². The zero-order valence-electron chi connectivity index (χ0n) is 17.0. The summed E-state index contributed by atoms with van der Waals surface area (Å²) in [4.78, 5) is 27.2. The highest BCUT2D eigenvalue weighted by molar-refractivity contribution is 7.17. The maximum Gasteiger partial charge on any atom is 0.258 e. The van der Waals surface area contributed by atoms with Crippen LogP contribution in [-0.4, -0.2) is 11.8 Å². The molecule has 4 rings (SSSR count). The first-order valence-electron chi connectivity index (χ1n) is 10.0. The molecule has 6 heteroatoms. The summed E-state index contributed by atoms with van der Waals surface area (Å²) in [5.74, 6) is -0.449. The first kappa shape index (κ1) is 20.6. The number of rotatable bonds is 4. The van der Waals surface area contributed by atoms with Crippen molar-refractivity contribution in [2.75, 3.05) is 10.6 Å². The molecule has 2 amide bonds. The maximum absolute atomic E-state index is 13.3. The lowest BCUT2D eigenvalue weighted by atomic mass is 9.95. The van der Waals surface area contributed by atoms with Gasteiger partial charge in [-0.3, -0.25) is 9.59 Å². The lowest BCUT2D eigenvalue weighted by molar-refractivity contribution is 0.102. The van der Waals surface area contributed by atoms with Crippen molar-refractivity contribution < 1.29 is 9.59 Å². The van der Waals surface area contributed by atoms with Crippen molar-refractivity contribution in [2.24, 2.45) is 0 Å². The van der Waals surface area contributed by atoms with Gasteiger partial charge in [0.2, 0.25) is 0 Å². The van der Waals surface area contributed by atoms with E-state index in [0.29, 0.717) is 21.2 Å². The number of carbonyl (C=O) groups is 2. The van der Waals surface area contributed by atoms with Gasteiger partial charge in [-0.05, 0) is 86.6 Å². The van der Waals surface area contributed by atoms with Crippen molar-refractivity contribution in [3.63, 3.8) is 0 Å². The number of anilines is 2. The van der Waals surface area contributed by atoms with Gasteiger partial charge in [0.1, 0.15) is 5.00 Å². The van der Waals surface area contributed by atoms with Gasteiger partial charge in [0, 0.05) is 21.2 Å². The van der Waals surface area contributed by atoms with Crippen molar-refractivity contribution in [1.29, 1.82) is 0 Å². The Morgan fingerprint density at radius 3 is 2.50 bits per heavy atom. The van der Waals surface area contributed by atoms with Gasteiger partial charge in [0.25, 0.3) is 11.8 Å². The minimum atomic E-state index is -0.267. The van der Waals surface area contributed by atoms with Crippen LogP contribution in [0.15, 0.2) is 42.5 Å². The molecule has 0 radical (unpaired) electrons. The van der Waals surface area contributed by atoms with E-state index >= 15 is 0 Å². The standard InChI is InChI=1S/C24H23ClN2O2S/c1-14-10-11-18(12-15(14)2)26-23(29)21-19-8-3-4-9-20(19)30-24(21)27-22(28)16-6-5-7-17(25)13-16/h5-7,10-13H,3-4,8-9H2,1-2H3,(H,26,29)(H,27,28). The van der Waals surface area contributed by atoms with Crippen molar-refractivity contribution in [3.05, 3.63) is 80.2 Å². The van der Waals surface area contributed by atoms with E-state index in [0.717, 1.165) is 42.5 Å². The number of hydrogen-bond donors (Lipinski definition) is 2. The van der Waals surface area contributed by atoms with Gasteiger partial charge < -0.3 is 10.6 Å². The molecule has 1 aliphatic rings.